The van der Waals surface area contributed by atoms with E-state index in [0.717, 1.165) is 22.5 Å². The van der Waals surface area contributed by atoms with Gasteiger partial charge in [0.15, 0.2) is 0 Å². The molecule has 2 aromatic rings. The molecule has 1 amide bonds. The summed E-state index contributed by atoms with van der Waals surface area (Å²) in [5.74, 6) is -0.0912. The van der Waals surface area contributed by atoms with Gasteiger partial charge in [-0.15, -0.1) is 0 Å². The molecule has 2 N–H and O–H groups in total. The van der Waals surface area contributed by atoms with Crippen molar-refractivity contribution in [2.24, 2.45) is 0 Å². The summed E-state index contributed by atoms with van der Waals surface area (Å²) in [6, 6.07) is 15.4. The van der Waals surface area contributed by atoms with Crippen LogP contribution in [0.25, 0.3) is 0 Å². The normalized spacial score (nSPS) is 9.76. The third-order valence-corrected chi connectivity index (χ3v) is 3.10. The summed E-state index contributed by atoms with van der Waals surface area (Å²) in [7, 11) is 0. The zero-order valence-electron chi connectivity index (χ0n) is 12.1. The predicted molar refractivity (Wildman–Crippen MR) is 84.0 cm³/mol. The Morgan fingerprint density at radius 2 is 2.05 bits per heavy atom. The molecule has 0 aliphatic carbocycles. The van der Waals surface area contributed by atoms with Gasteiger partial charge < -0.3 is 10.6 Å². The lowest BCUT2D eigenvalue weighted by Crippen LogP contribution is -2.07. The van der Waals surface area contributed by atoms with Crippen LogP contribution in [0.1, 0.15) is 23.6 Å². The number of carbonyl (C=O) groups is 1. The lowest BCUT2D eigenvalue weighted by atomic mass is 10.1. The largest absolute Gasteiger partial charge is 0.381 e. The van der Waals surface area contributed by atoms with E-state index in [2.05, 4.69) is 16.7 Å². The molecule has 2 aromatic carbocycles. The molecule has 0 aliphatic heterocycles. The molecule has 0 saturated heterocycles. The standard InChI is InChI=1S/C17H17N3O/c1-12-6-7-16(20-13(2)21)9-17(12)19-11-15-5-3-4-14(8-15)10-18/h3-9,19H,11H2,1-2H3,(H,20,21). The third-order valence-electron chi connectivity index (χ3n) is 3.10. The number of hydrogen-bond acceptors (Lipinski definition) is 3. The van der Waals surface area contributed by atoms with Crippen molar-refractivity contribution in [3.8, 4) is 6.07 Å². The quantitative estimate of drug-likeness (QED) is 0.901. The number of nitriles is 1. The zero-order valence-corrected chi connectivity index (χ0v) is 12.1. The smallest absolute Gasteiger partial charge is 0.221 e. The maximum atomic E-state index is 11.1. The SMILES string of the molecule is CC(=O)Nc1ccc(C)c(NCc2cccc(C#N)c2)c1. The Morgan fingerprint density at radius 3 is 2.76 bits per heavy atom. The Labute approximate surface area is 124 Å². The van der Waals surface area contributed by atoms with Gasteiger partial charge in [-0.05, 0) is 42.3 Å². The summed E-state index contributed by atoms with van der Waals surface area (Å²) in [4.78, 5) is 11.1. The molecule has 0 radical (unpaired) electrons. The molecule has 0 spiro atoms. The van der Waals surface area contributed by atoms with E-state index in [1.807, 2.05) is 43.3 Å². The molecule has 0 bridgehead atoms. The molecule has 0 fully saturated rings. The molecular weight excluding hydrogens is 262 g/mol. The van der Waals surface area contributed by atoms with Crippen LogP contribution in [0.3, 0.4) is 0 Å². The number of benzene rings is 2. The number of amides is 1. The van der Waals surface area contributed by atoms with Crippen LogP contribution in [0.4, 0.5) is 11.4 Å². The number of anilines is 2. The van der Waals surface area contributed by atoms with Crippen LogP contribution in [0.2, 0.25) is 0 Å². The van der Waals surface area contributed by atoms with Crippen LogP contribution in [0, 0.1) is 18.3 Å². The number of nitrogens with zero attached hydrogens (tertiary/aromatic N) is 1. The maximum Gasteiger partial charge on any atom is 0.221 e. The zero-order chi connectivity index (χ0) is 15.2. The van der Waals surface area contributed by atoms with Crippen molar-refractivity contribution in [1.29, 1.82) is 5.26 Å². The average Bonchev–Trinajstić information content (AvgIpc) is 2.47. The van der Waals surface area contributed by atoms with Gasteiger partial charge >= 0.3 is 0 Å². The molecule has 4 nitrogen and oxygen atoms in total. The molecular formula is C17H17N3O. The highest BCUT2D eigenvalue weighted by molar-refractivity contribution is 5.89. The van der Waals surface area contributed by atoms with E-state index < -0.39 is 0 Å². The van der Waals surface area contributed by atoms with Gasteiger partial charge in [-0.2, -0.15) is 5.26 Å². The highest BCUT2D eigenvalue weighted by Crippen LogP contribution is 2.21. The first kappa shape index (κ1) is 14.6. The van der Waals surface area contributed by atoms with Crippen LogP contribution in [-0.4, -0.2) is 5.91 Å². The minimum atomic E-state index is -0.0912. The Kier molecular flexibility index (Phi) is 4.57. The van der Waals surface area contributed by atoms with Crippen LogP contribution in [-0.2, 0) is 11.3 Å². The summed E-state index contributed by atoms with van der Waals surface area (Å²) < 4.78 is 0. The number of rotatable bonds is 4. The van der Waals surface area contributed by atoms with Crippen molar-refractivity contribution in [2.45, 2.75) is 20.4 Å². The number of nitrogens with one attached hydrogen (secondary N) is 2. The summed E-state index contributed by atoms with van der Waals surface area (Å²) in [6.45, 7) is 4.12. The lowest BCUT2D eigenvalue weighted by molar-refractivity contribution is -0.114. The second-order valence-electron chi connectivity index (χ2n) is 4.88. The van der Waals surface area contributed by atoms with Gasteiger partial charge in [0.25, 0.3) is 0 Å². The number of hydrogen-bond donors (Lipinski definition) is 2. The van der Waals surface area contributed by atoms with E-state index in [0.29, 0.717) is 12.1 Å². The molecule has 2 rings (SSSR count). The maximum absolute atomic E-state index is 11.1. The van der Waals surface area contributed by atoms with Crippen molar-refractivity contribution < 1.29 is 4.79 Å². The Hall–Kier alpha value is -2.80. The monoisotopic (exact) mass is 279 g/mol. The van der Waals surface area contributed by atoms with Crippen molar-refractivity contribution >= 4 is 17.3 Å². The minimum Gasteiger partial charge on any atom is -0.381 e. The van der Waals surface area contributed by atoms with Crippen LogP contribution >= 0.6 is 0 Å². The van der Waals surface area contributed by atoms with Crippen molar-refractivity contribution in [3.63, 3.8) is 0 Å². The van der Waals surface area contributed by atoms with Crippen molar-refractivity contribution in [1.82, 2.24) is 0 Å². The molecule has 0 aromatic heterocycles. The molecule has 0 aliphatic rings. The van der Waals surface area contributed by atoms with E-state index in [1.54, 1.807) is 6.07 Å². The Morgan fingerprint density at radius 1 is 1.24 bits per heavy atom. The second-order valence-corrected chi connectivity index (χ2v) is 4.88. The summed E-state index contributed by atoms with van der Waals surface area (Å²) in [5.41, 5.74) is 4.52. The third kappa shape index (κ3) is 4.08. The molecule has 0 saturated carbocycles. The van der Waals surface area contributed by atoms with Crippen LogP contribution in [0.5, 0.6) is 0 Å². The Bertz CT molecular complexity index is 701. The molecule has 106 valence electrons. The van der Waals surface area contributed by atoms with Gasteiger partial charge in [-0.25, -0.2) is 0 Å². The van der Waals surface area contributed by atoms with Crippen LogP contribution < -0.4 is 10.6 Å². The highest BCUT2D eigenvalue weighted by atomic mass is 16.1. The second kappa shape index (κ2) is 6.58. The minimum absolute atomic E-state index is 0.0912. The van der Waals surface area contributed by atoms with Gasteiger partial charge in [-0.3, -0.25) is 4.79 Å². The first-order valence-electron chi connectivity index (χ1n) is 6.69. The van der Waals surface area contributed by atoms with Gasteiger partial charge in [-0.1, -0.05) is 18.2 Å². The van der Waals surface area contributed by atoms with E-state index in [4.69, 9.17) is 5.26 Å². The fraction of sp³-hybridized carbons (Fsp3) is 0.176. The topological polar surface area (TPSA) is 64.9 Å². The van der Waals surface area contributed by atoms with Crippen molar-refractivity contribution in [2.75, 3.05) is 10.6 Å². The molecule has 0 unspecified atom stereocenters. The lowest BCUT2D eigenvalue weighted by Gasteiger charge is -2.12. The Balaban J connectivity index is 2.11. The van der Waals surface area contributed by atoms with Crippen LogP contribution in [0.15, 0.2) is 42.5 Å². The average molecular weight is 279 g/mol. The van der Waals surface area contributed by atoms with Crippen molar-refractivity contribution in [3.05, 3.63) is 59.2 Å². The van der Waals surface area contributed by atoms with Gasteiger partial charge in [0.1, 0.15) is 0 Å². The molecule has 4 heteroatoms. The molecule has 0 atom stereocenters. The predicted octanol–water partition coefficient (Wildman–Crippen LogP) is 3.44. The molecule has 21 heavy (non-hydrogen) atoms. The summed E-state index contributed by atoms with van der Waals surface area (Å²) >= 11 is 0. The molecule has 0 heterocycles. The summed E-state index contributed by atoms with van der Waals surface area (Å²) in [6.07, 6.45) is 0. The van der Waals surface area contributed by atoms with E-state index in [-0.39, 0.29) is 5.91 Å². The highest BCUT2D eigenvalue weighted by Gasteiger charge is 2.02. The first-order chi connectivity index (χ1) is 10.1. The van der Waals surface area contributed by atoms with E-state index >= 15 is 0 Å². The van der Waals surface area contributed by atoms with E-state index in [9.17, 15) is 4.79 Å². The fourth-order valence-corrected chi connectivity index (χ4v) is 2.04. The summed E-state index contributed by atoms with van der Waals surface area (Å²) in [5, 5.41) is 15.0. The van der Waals surface area contributed by atoms with Gasteiger partial charge in [0.05, 0.1) is 11.6 Å². The van der Waals surface area contributed by atoms with E-state index in [1.165, 1.54) is 6.92 Å². The fourth-order valence-electron chi connectivity index (χ4n) is 2.04. The number of carbonyl (C=O) groups excluding carboxylic acids is 1. The number of aryl methyl sites for hydroxylation is 1. The van der Waals surface area contributed by atoms with Gasteiger partial charge in [0, 0.05) is 24.8 Å². The van der Waals surface area contributed by atoms with Gasteiger partial charge in [0.2, 0.25) is 5.91 Å². The first-order valence-corrected chi connectivity index (χ1v) is 6.69.